The zero-order valence-corrected chi connectivity index (χ0v) is 9.53. The van der Waals surface area contributed by atoms with Crippen molar-refractivity contribution in [3.8, 4) is 0 Å². The number of hydrogen-bond acceptors (Lipinski definition) is 2. The number of aliphatic carboxylic acids is 1. The van der Waals surface area contributed by atoms with E-state index >= 15 is 0 Å². The largest absolute Gasteiger partial charge is 0.481 e. The monoisotopic (exact) mass is 202 g/mol. The fraction of sp³-hybridized carbons (Fsp3) is 0.909. The maximum atomic E-state index is 10.8. The first kappa shape index (κ1) is 13.4. The molecule has 0 amide bonds. The van der Waals surface area contributed by atoms with Crippen LogP contribution in [0.5, 0.6) is 0 Å². The lowest BCUT2D eigenvalue weighted by Gasteiger charge is -2.29. The number of carboxylic acid groups (broad SMARTS) is 1. The molecule has 0 aromatic carbocycles. The van der Waals surface area contributed by atoms with Crippen molar-refractivity contribution in [2.45, 2.75) is 46.6 Å². The Morgan fingerprint density at radius 3 is 2.07 bits per heavy atom. The number of aliphatic hydroxyl groups is 1. The number of carbonyl (C=O) groups is 1. The lowest BCUT2D eigenvalue weighted by molar-refractivity contribution is -0.145. The van der Waals surface area contributed by atoms with Gasteiger partial charge in [-0.3, -0.25) is 4.79 Å². The quantitative estimate of drug-likeness (QED) is 0.693. The predicted octanol–water partition coefficient (Wildman–Crippen LogP) is 2.14. The van der Waals surface area contributed by atoms with Crippen LogP contribution >= 0.6 is 0 Å². The fourth-order valence-electron chi connectivity index (χ4n) is 2.20. The summed E-state index contributed by atoms with van der Waals surface area (Å²) in [6, 6.07) is 0. The van der Waals surface area contributed by atoms with E-state index in [0.717, 1.165) is 12.8 Å². The van der Waals surface area contributed by atoms with E-state index in [9.17, 15) is 9.90 Å². The molecule has 3 heteroatoms. The molecule has 14 heavy (non-hydrogen) atoms. The van der Waals surface area contributed by atoms with Crippen molar-refractivity contribution in [3.05, 3.63) is 0 Å². The van der Waals surface area contributed by atoms with E-state index in [4.69, 9.17) is 5.11 Å². The van der Waals surface area contributed by atoms with E-state index in [-0.39, 0.29) is 11.8 Å². The molecule has 0 rings (SSSR count). The molecule has 3 nitrogen and oxygen atoms in total. The molecule has 0 saturated carbocycles. The standard InChI is InChI=1S/C11H22O3/c1-5-6-7(2)10(9(4)12)8(3)11(13)14/h7-10,12H,5-6H2,1-4H3,(H,13,14)/t7?,8-,9?,10?/m1/s1. The molecule has 0 radical (unpaired) electrons. The summed E-state index contributed by atoms with van der Waals surface area (Å²) in [6.45, 7) is 7.43. The van der Waals surface area contributed by atoms with Gasteiger partial charge in [-0.1, -0.05) is 33.6 Å². The molecular formula is C11H22O3. The van der Waals surface area contributed by atoms with Gasteiger partial charge in [-0.25, -0.2) is 0 Å². The Labute approximate surface area is 86.1 Å². The molecule has 0 saturated heterocycles. The minimum absolute atomic E-state index is 0.146. The van der Waals surface area contributed by atoms with Crippen molar-refractivity contribution >= 4 is 5.97 Å². The zero-order valence-electron chi connectivity index (χ0n) is 9.53. The van der Waals surface area contributed by atoms with Crippen LogP contribution in [0.15, 0.2) is 0 Å². The highest BCUT2D eigenvalue weighted by Crippen LogP contribution is 2.28. The highest BCUT2D eigenvalue weighted by Gasteiger charge is 2.31. The minimum atomic E-state index is -0.821. The van der Waals surface area contributed by atoms with Gasteiger partial charge < -0.3 is 10.2 Å². The molecule has 0 aliphatic rings. The van der Waals surface area contributed by atoms with Crippen molar-refractivity contribution in [2.24, 2.45) is 17.8 Å². The average molecular weight is 202 g/mol. The van der Waals surface area contributed by atoms with Gasteiger partial charge in [0.2, 0.25) is 0 Å². The third kappa shape index (κ3) is 3.66. The predicted molar refractivity (Wildman–Crippen MR) is 56.0 cm³/mol. The maximum Gasteiger partial charge on any atom is 0.306 e. The van der Waals surface area contributed by atoms with Crippen molar-refractivity contribution < 1.29 is 15.0 Å². The molecule has 2 N–H and O–H groups in total. The number of carboxylic acids is 1. The summed E-state index contributed by atoms with van der Waals surface area (Å²) < 4.78 is 0. The SMILES string of the molecule is CCCC(C)C(C(C)O)[C@@H](C)C(=O)O. The van der Waals surface area contributed by atoms with Gasteiger partial charge in [-0.15, -0.1) is 0 Å². The van der Waals surface area contributed by atoms with Gasteiger partial charge in [0.1, 0.15) is 0 Å². The van der Waals surface area contributed by atoms with E-state index < -0.39 is 18.0 Å². The highest BCUT2D eigenvalue weighted by molar-refractivity contribution is 5.70. The van der Waals surface area contributed by atoms with Crippen LogP contribution in [0.25, 0.3) is 0 Å². The molecule has 0 heterocycles. The van der Waals surface area contributed by atoms with Crippen LogP contribution in [0, 0.1) is 17.8 Å². The van der Waals surface area contributed by atoms with Crippen LogP contribution in [0.2, 0.25) is 0 Å². The Kier molecular flexibility index (Phi) is 5.77. The summed E-state index contributed by atoms with van der Waals surface area (Å²) in [6.07, 6.45) is 1.44. The number of rotatable bonds is 6. The van der Waals surface area contributed by atoms with E-state index in [1.165, 1.54) is 0 Å². The Hall–Kier alpha value is -0.570. The van der Waals surface area contributed by atoms with Crippen molar-refractivity contribution in [3.63, 3.8) is 0 Å². The van der Waals surface area contributed by atoms with E-state index in [2.05, 4.69) is 6.92 Å². The van der Waals surface area contributed by atoms with E-state index in [0.29, 0.717) is 0 Å². The van der Waals surface area contributed by atoms with Crippen molar-refractivity contribution in [1.82, 2.24) is 0 Å². The second kappa shape index (κ2) is 6.02. The molecule has 0 aliphatic carbocycles. The topological polar surface area (TPSA) is 57.5 Å². The van der Waals surface area contributed by atoms with E-state index in [1.807, 2.05) is 6.92 Å². The molecule has 0 spiro atoms. The van der Waals surface area contributed by atoms with Gasteiger partial charge in [-0.2, -0.15) is 0 Å². The molecule has 4 atom stereocenters. The first-order valence-electron chi connectivity index (χ1n) is 5.32. The Morgan fingerprint density at radius 1 is 1.29 bits per heavy atom. The van der Waals surface area contributed by atoms with Gasteiger partial charge in [0, 0.05) is 5.92 Å². The molecule has 0 aromatic heterocycles. The lowest BCUT2D eigenvalue weighted by Crippen LogP contribution is -2.34. The van der Waals surface area contributed by atoms with Gasteiger partial charge in [0.05, 0.1) is 12.0 Å². The summed E-state index contributed by atoms with van der Waals surface area (Å²) >= 11 is 0. The summed E-state index contributed by atoms with van der Waals surface area (Å²) in [5.41, 5.74) is 0. The lowest BCUT2D eigenvalue weighted by atomic mass is 9.78. The van der Waals surface area contributed by atoms with Crippen LogP contribution in [0.1, 0.15) is 40.5 Å². The number of hydrogen-bond donors (Lipinski definition) is 2. The summed E-state index contributed by atoms with van der Waals surface area (Å²) in [5.74, 6) is -1.19. The van der Waals surface area contributed by atoms with Crippen LogP contribution in [-0.2, 0) is 4.79 Å². The zero-order chi connectivity index (χ0) is 11.3. The van der Waals surface area contributed by atoms with Crippen LogP contribution in [0.4, 0.5) is 0 Å². The van der Waals surface area contributed by atoms with Crippen LogP contribution < -0.4 is 0 Å². The minimum Gasteiger partial charge on any atom is -0.481 e. The Bertz CT molecular complexity index is 177. The molecule has 0 fully saturated rings. The third-order valence-corrected chi connectivity index (χ3v) is 2.92. The maximum absolute atomic E-state index is 10.8. The normalized spacial score (nSPS) is 19.8. The molecule has 3 unspecified atom stereocenters. The summed E-state index contributed by atoms with van der Waals surface area (Å²) in [7, 11) is 0. The highest BCUT2D eigenvalue weighted by atomic mass is 16.4. The molecule has 0 aliphatic heterocycles. The van der Waals surface area contributed by atoms with Crippen molar-refractivity contribution in [1.29, 1.82) is 0 Å². The number of aliphatic hydroxyl groups excluding tert-OH is 1. The van der Waals surface area contributed by atoms with Gasteiger partial charge >= 0.3 is 5.97 Å². The second-order valence-corrected chi connectivity index (χ2v) is 4.21. The van der Waals surface area contributed by atoms with Gasteiger partial charge in [-0.05, 0) is 12.8 Å². The molecule has 0 aromatic rings. The molecular weight excluding hydrogens is 180 g/mol. The van der Waals surface area contributed by atoms with Crippen molar-refractivity contribution in [2.75, 3.05) is 0 Å². The fourth-order valence-corrected chi connectivity index (χ4v) is 2.20. The first-order valence-corrected chi connectivity index (χ1v) is 5.32. The average Bonchev–Trinajstić information content (AvgIpc) is 2.03. The Balaban J connectivity index is 4.50. The molecule has 84 valence electrons. The summed E-state index contributed by atoms with van der Waals surface area (Å²) in [5, 5.41) is 18.5. The molecule has 0 bridgehead atoms. The third-order valence-electron chi connectivity index (χ3n) is 2.92. The van der Waals surface area contributed by atoms with Gasteiger partial charge in [0.15, 0.2) is 0 Å². The second-order valence-electron chi connectivity index (χ2n) is 4.21. The summed E-state index contributed by atoms with van der Waals surface area (Å²) in [4.78, 5) is 10.8. The smallest absolute Gasteiger partial charge is 0.306 e. The van der Waals surface area contributed by atoms with Gasteiger partial charge in [0.25, 0.3) is 0 Å². The van der Waals surface area contributed by atoms with E-state index in [1.54, 1.807) is 13.8 Å². The Morgan fingerprint density at radius 2 is 1.79 bits per heavy atom. The van der Waals surface area contributed by atoms with Crippen LogP contribution in [-0.4, -0.2) is 22.3 Å². The van der Waals surface area contributed by atoms with Crippen LogP contribution in [0.3, 0.4) is 0 Å². The first-order chi connectivity index (χ1) is 6.41.